The molecule has 1 aliphatic heterocycles. The average Bonchev–Trinajstić information content (AvgIpc) is 2.88. The molecule has 1 heterocycles. The van der Waals surface area contributed by atoms with Gasteiger partial charge in [0.1, 0.15) is 0 Å². The minimum atomic E-state index is -0.191. The number of carbonyl (C=O) groups excluding carboxylic acids is 1. The monoisotopic (exact) mass is 238 g/mol. The molecule has 2 aliphatic rings. The zero-order chi connectivity index (χ0) is 12.5. The predicted molar refractivity (Wildman–Crippen MR) is 69.6 cm³/mol. The molecular formula is C14H26N2O. The van der Waals surface area contributed by atoms with Crippen molar-refractivity contribution in [2.24, 2.45) is 0 Å². The summed E-state index contributed by atoms with van der Waals surface area (Å²) < 4.78 is 0. The molecule has 3 nitrogen and oxygen atoms in total. The number of nitrogens with one attached hydrogen (secondary N) is 1. The number of hydrogen-bond acceptors (Lipinski definition) is 2. The van der Waals surface area contributed by atoms with Crippen LogP contribution in [0.15, 0.2) is 0 Å². The first-order valence-electron chi connectivity index (χ1n) is 7.25. The van der Waals surface area contributed by atoms with Crippen molar-refractivity contribution in [3.63, 3.8) is 0 Å². The van der Waals surface area contributed by atoms with Gasteiger partial charge < -0.3 is 4.90 Å². The first kappa shape index (κ1) is 12.9. The van der Waals surface area contributed by atoms with Crippen LogP contribution in [-0.4, -0.2) is 28.6 Å². The molecule has 98 valence electrons. The van der Waals surface area contributed by atoms with E-state index in [1.807, 2.05) is 0 Å². The Bertz CT molecular complexity index is 284. The fraction of sp³-hybridized carbons (Fsp3) is 0.929. The molecule has 2 atom stereocenters. The molecule has 1 amide bonds. The molecule has 1 spiro atoms. The molecular weight excluding hydrogens is 212 g/mol. The molecule has 1 aliphatic carbocycles. The number of nitrogens with zero attached hydrogens (tertiary/aromatic N) is 1. The molecule has 0 radical (unpaired) electrons. The van der Waals surface area contributed by atoms with Gasteiger partial charge in [-0.1, -0.05) is 33.1 Å². The second-order valence-electron chi connectivity index (χ2n) is 5.71. The van der Waals surface area contributed by atoms with E-state index in [4.69, 9.17) is 0 Å². The van der Waals surface area contributed by atoms with Gasteiger partial charge in [0, 0.05) is 6.04 Å². The lowest BCUT2D eigenvalue weighted by atomic mass is 9.97. The Balaban J connectivity index is 2.19. The Kier molecular flexibility index (Phi) is 3.76. The zero-order valence-corrected chi connectivity index (χ0v) is 11.5. The second-order valence-corrected chi connectivity index (χ2v) is 5.71. The van der Waals surface area contributed by atoms with Gasteiger partial charge in [0.15, 0.2) is 0 Å². The summed E-state index contributed by atoms with van der Waals surface area (Å²) in [6.45, 7) is 6.54. The van der Waals surface area contributed by atoms with Crippen LogP contribution in [0.4, 0.5) is 0 Å². The van der Waals surface area contributed by atoms with E-state index in [2.05, 4.69) is 31.0 Å². The van der Waals surface area contributed by atoms with Crippen molar-refractivity contribution in [1.29, 1.82) is 0 Å². The van der Waals surface area contributed by atoms with Crippen LogP contribution in [-0.2, 0) is 4.79 Å². The van der Waals surface area contributed by atoms with Crippen LogP contribution in [0.3, 0.4) is 0 Å². The molecule has 2 rings (SSSR count). The molecule has 0 bridgehead atoms. The Morgan fingerprint density at radius 2 is 2.06 bits per heavy atom. The van der Waals surface area contributed by atoms with Gasteiger partial charge in [0.2, 0.25) is 5.91 Å². The summed E-state index contributed by atoms with van der Waals surface area (Å²) in [5.41, 5.74) is -0.191. The molecule has 1 saturated heterocycles. The molecule has 0 aromatic carbocycles. The highest BCUT2D eigenvalue weighted by Gasteiger charge is 2.52. The number of hydrogen-bond donors (Lipinski definition) is 1. The Labute approximate surface area is 105 Å². The fourth-order valence-electron chi connectivity index (χ4n) is 3.36. The second kappa shape index (κ2) is 4.97. The smallest absolute Gasteiger partial charge is 0.244 e. The summed E-state index contributed by atoms with van der Waals surface area (Å²) in [5, 5.41) is 3.66. The lowest BCUT2D eigenvalue weighted by Crippen LogP contribution is -2.45. The SMILES string of the molecule is CCCC1NC2(CCCC2)C(=O)N1C(C)CC. The van der Waals surface area contributed by atoms with Gasteiger partial charge in [-0.3, -0.25) is 10.1 Å². The third-order valence-electron chi connectivity index (χ3n) is 4.51. The van der Waals surface area contributed by atoms with Crippen LogP contribution < -0.4 is 5.32 Å². The Morgan fingerprint density at radius 3 is 2.59 bits per heavy atom. The van der Waals surface area contributed by atoms with Crippen molar-refractivity contribution in [2.45, 2.75) is 83.5 Å². The molecule has 0 aromatic rings. The van der Waals surface area contributed by atoms with Gasteiger partial charge in [0.05, 0.1) is 11.7 Å². The van der Waals surface area contributed by atoms with Gasteiger partial charge in [-0.25, -0.2) is 0 Å². The van der Waals surface area contributed by atoms with Gasteiger partial charge in [-0.05, 0) is 32.6 Å². The topological polar surface area (TPSA) is 32.3 Å². The third-order valence-corrected chi connectivity index (χ3v) is 4.51. The van der Waals surface area contributed by atoms with Gasteiger partial charge in [0.25, 0.3) is 0 Å². The lowest BCUT2D eigenvalue weighted by Gasteiger charge is -2.29. The third kappa shape index (κ3) is 2.10. The number of rotatable bonds is 4. The molecule has 2 unspecified atom stereocenters. The Hall–Kier alpha value is -0.570. The molecule has 1 N–H and O–H groups in total. The summed E-state index contributed by atoms with van der Waals surface area (Å²) in [5.74, 6) is 0.378. The predicted octanol–water partition coefficient (Wildman–Crippen LogP) is 2.66. The Morgan fingerprint density at radius 1 is 1.41 bits per heavy atom. The van der Waals surface area contributed by atoms with Crippen molar-refractivity contribution < 1.29 is 4.79 Å². The molecule has 0 aromatic heterocycles. The summed E-state index contributed by atoms with van der Waals surface area (Å²) in [7, 11) is 0. The van der Waals surface area contributed by atoms with E-state index in [0.717, 1.165) is 32.1 Å². The first-order valence-corrected chi connectivity index (χ1v) is 7.25. The van der Waals surface area contributed by atoms with Crippen LogP contribution >= 0.6 is 0 Å². The van der Waals surface area contributed by atoms with Gasteiger partial charge in [-0.2, -0.15) is 0 Å². The van der Waals surface area contributed by atoms with E-state index in [9.17, 15) is 4.79 Å². The maximum absolute atomic E-state index is 12.7. The van der Waals surface area contributed by atoms with Crippen molar-refractivity contribution in [1.82, 2.24) is 10.2 Å². The lowest BCUT2D eigenvalue weighted by molar-refractivity contribution is -0.135. The van der Waals surface area contributed by atoms with E-state index in [1.165, 1.54) is 12.8 Å². The normalized spacial score (nSPS) is 29.2. The maximum atomic E-state index is 12.7. The van der Waals surface area contributed by atoms with Crippen LogP contribution in [0.1, 0.15) is 65.7 Å². The fourth-order valence-corrected chi connectivity index (χ4v) is 3.36. The van der Waals surface area contributed by atoms with Gasteiger partial charge in [-0.15, -0.1) is 0 Å². The van der Waals surface area contributed by atoms with Crippen LogP contribution in [0.5, 0.6) is 0 Å². The van der Waals surface area contributed by atoms with Crippen molar-refractivity contribution >= 4 is 5.91 Å². The molecule has 3 heteroatoms. The van der Waals surface area contributed by atoms with Crippen LogP contribution in [0, 0.1) is 0 Å². The molecule has 2 fully saturated rings. The van der Waals surface area contributed by atoms with Gasteiger partial charge >= 0.3 is 0 Å². The van der Waals surface area contributed by atoms with E-state index in [0.29, 0.717) is 11.9 Å². The zero-order valence-electron chi connectivity index (χ0n) is 11.5. The minimum absolute atomic E-state index is 0.191. The highest BCUT2D eigenvalue weighted by Crippen LogP contribution is 2.38. The number of carbonyl (C=O) groups is 1. The quantitative estimate of drug-likeness (QED) is 0.816. The van der Waals surface area contributed by atoms with Crippen LogP contribution in [0.25, 0.3) is 0 Å². The summed E-state index contributed by atoms with van der Waals surface area (Å²) in [6, 6.07) is 0.367. The summed E-state index contributed by atoms with van der Waals surface area (Å²) >= 11 is 0. The maximum Gasteiger partial charge on any atom is 0.244 e. The minimum Gasteiger partial charge on any atom is -0.323 e. The summed E-state index contributed by atoms with van der Waals surface area (Å²) in [6.07, 6.45) is 8.02. The van der Waals surface area contributed by atoms with Crippen molar-refractivity contribution in [2.75, 3.05) is 0 Å². The van der Waals surface area contributed by atoms with Crippen molar-refractivity contribution in [3.05, 3.63) is 0 Å². The molecule has 1 saturated carbocycles. The van der Waals surface area contributed by atoms with E-state index >= 15 is 0 Å². The van der Waals surface area contributed by atoms with E-state index < -0.39 is 0 Å². The van der Waals surface area contributed by atoms with E-state index in [-0.39, 0.29) is 11.7 Å². The highest BCUT2D eigenvalue weighted by molar-refractivity contribution is 5.89. The number of amides is 1. The van der Waals surface area contributed by atoms with Crippen LogP contribution in [0.2, 0.25) is 0 Å². The standard InChI is InChI=1S/C14H26N2O/c1-4-8-12-15-14(9-6-7-10-14)13(17)16(12)11(3)5-2/h11-12,15H,4-10H2,1-3H3. The average molecular weight is 238 g/mol. The van der Waals surface area contributed by atoms with Crippen molar-refractivity contribution in [3.8, 4) is 0 Å². The molecule has 17 heavy (non-hydrogen) atoms. The highest BCUT2D eigenvalue weighted by atomic mass is 16.2. The van der Waals surface area contributed by atoms with E-state index in [1.54, 1.807) is 0 Å². The summed E-state index contributed by atoms with van der Waals surface area (Å²) in [4.78, 5) is 14.8. The largest absolute Gasteiger partial charge is 0.323 e. The first-order chi connectivity index (χ1) is 8.14.